The first-order chi connectivity index (χ1) is 23.2. The third-order valence-electron chi connectivity index (χ3n) is 7.43. The molecule has 1 rings (SSSR count). The van der Waals surface area contributed by atoms with Gasteiger partial charge in [-0.15, -0.1) is 0 Å². The molecule has 1 unspecified atom stereocenters. The third-order valence-corrected chi connectivity index (χ3v) is 8.07. The van der Waals surface area contributed by atoms with Gasteiger partial charge in [-0.25, -0.2) is 0 Å². The fourth-order valence-corrected chi connectivity index (χ4v) is 4.88. The van der Waals surface area contributed by atoms with Gasteiger partial charge in [0.25, 0.3) is 0 Å². The number of hydrogen-bond acceptors (Lipinski definition) is 12. The van der Waals surface area contributed by atoms with Crippen molar-refractivity contribution in [2.75, 3.05) is 52.1 Å². The Kier molecular flexibility index (Phi) is 20.1. The summed E-state index contributed by atoms with van der Waals surface area (Å²) in [6.45, 7) is -0.408. The summed E-state index contributed by atoms with van der Waals surface area (Å²) in [5.41, 5.74) is 17.5. The highest BCUT2D eigenvalue weighted by atomic mass is 32.2. The van der Waals surface area contributed by atoms with E-state index in [2.05, 4.69) is 5.32 Å². The normalized spacial score (nSPS) is 11.2. The van der Waals surface area contributed by atoms with Crippen molar-refractivity contribution < 1.29 is 43.1 Å². The molecule has 16 nitrogen and oxygen atoms in total. The Balaban J connectivity index is 2.52. The first-order valence-corrected chi connectivity index (χ1v) is 17.1. The standard InChI is InChI=1S/C32H49N7O9S/c1-22(40)37(16-23-4-11-27(48-2)12-5-23)18-30(45)39(21-34)19-31(46)38(20-33)17-26(43)9-8-24(41)6-7-25(42)10-13-29(44)36-28(32(35)47)14-15-49-3/h4-5,11-12,28H,6-10,13-21,33-34H2,1-3H3,(H2,35,47)(H,36,44). The highest BCUT2D eigenvalue weighted by Gasteiger charge is 2.24. The maximum atomic E-state index is 13.0. The molecule has 0 heterocycles. The molecule has 1 aromatic carbocycles. The second kappa shape index (κ2) is 23.1. The largest absolute Gasteiger partial charge is 0.497 e. The van der Waals surface area contributed by atoms with Crippen LogP contribution in [0.4, 0.5) is 0 Å². The molecule has 272 valence electrons. The van der Waals surface area contributed by atoms with Gasteiger partial charge < -0.3 is 42.0 Å². The Labute approximate surface area is 290 Å². The van der Waals surface area contributed by atoms with Crippen molar-refractivity contribution in [3.63, 3.8) is 0 Å². The third kappa shape index (κ3) is 17.0. The van der Waals surface area contributed by atoms with Crippen LogP contribution in [0.25, 0.3) is 0 Å². The molecule has 1 aromatic rings. The van der Waals surface area contributed by atoms with E-state index in [1.54, 1.807) is 24.3 Å². The van der Waals surface area contributed by atoms with Crippen LogP contribution in [0, 0.1) is 0 Å². The lowest BCUT2D eigenvalue weighted by Crippen LogP contribution is -2.50. The topological polar surface area (TPSA) is 246 Å². The van der Waals surface area contributed by atoms with Crippen LogP contribution in [0.1, 0.15) is 57.4 Å². The van der Waals surface area contributed by atoms with Crippen LogP contribution in [0.3, 0.4) is 0 Å². The van der Waals surface area contributed by atoms with E-state index in [1.807, 2.05) is 6.26 Å². The minimum absolute atomic E-state index is 0.108. The summed E-state index contributed by atoms with van der Waals surface area (Å²) in [4.78, 5) is 102. The highest BCUT2D eigenvalue weighted by molar-refractivity contribution is 7.98. The zero-order chi connectivity index (χ0) is 36.9. The van der Waals surface area contributed by atoms with E-state index in [0.717, 1.165) is 15.4 Å². The first-order valence-electron chi connectivity index (χ1n) is 15.7. The van der Waals surface area contributed by atoms with E-state index in [0.29, 0.717) is 17.9 Å². The number of ketones is 3. The van der Waals surface area contributed by atoms with Crippen molar-refractivity contribution in [3.05, 3.63) is 29.8 Å². The van der Waals surface area contributed by atoms with Crippen molar-refractivity contribution >= 4 is 58.6 Å². The summed E-state index contributed by atoms with van der Waals surface area (Å²) < 4.78 is 5.13. The zero-order valence-corrected chi connectivity index (χ0v) is 29.3. The quantitative estimate of drug-likeness (QED) is 0.0923. The monoisotopic (exact) mass is 707 g/mol. The van der Waals surface area contributed by atoms with Crippen molar-refractivity contribution in [3.8, 4) is 5.75 Å². The average molecular weight is 708 g/mol. The first kappa shape index (κ1) is 42.7. The minimum Gasteiger partial charge on any atom is -0.497 e. The number of Topliss-reactive ketones (excluding diaryl/α,β-unsaturated/α-hetero) is 3. The van der Waals surface area contributed by atoms with E-state index in [9.17, 15) is 38.4 Å². The molecule has 0 saturated heterocycles. The number of benzene rings is 1. The molecule has 49 heavy (non-hydrogen) atoms. The molecule has 0 saturated carbocycles. The predicted molar refractivity (Wildman–Crippen MR) is 182 cm³/mol. The van der Waals surface area contributed by atoms with E-state index >= 15 is 0 Å². The Morgan fingerprint density at radius 1 is 0.755 bits per heavy atom. The van der Waals surface area contributed by atoms with Gasteiger partial charge in [-0.2, -0.15) is 11.8 Å². The highest BCUT2D eigenvalue weighted by Crippen LogP contribution is 2.13. The molecule has 0 aliphatic rings. The van der Waals surface area contributed by atoms with Gasteiger partial charge in [0.05, 0.1) is 27.0 Å². The lowest BCUT2D eigenvalue weighted by atomic mass is 10.0. The van der Waals surface area contributed by atoms with Crippen molar-refractivity contribution in [2.45, 2.75) is 64.5 Å². The van der Waals surface area contributed by atoms with Crippen LogP contribution in [0.15, 0.2) is 24.3 Å². The summed E-state index contributed by atoms with van der Waals surface area (Å²) in [6, 6.07) is 6.15. The number of nitrogens with two attached hydrogens (primary N) is 3. The summed E-state index contributed by atoms with van der Waals surface area (Å²) in [5.74, 6) is -2.58. The van der Waals surface area contributed by atoms with Gasteiger partial charge in [-0.3, -0.25) is 38.4 Å². The van der Waals surface area contributed by atoms with Gasteiger partial charge in [0.2, 0.25) is 29.5 Å². The Hall–Kier alpha value is -4.35. The maximum Gasteiger partial charge on any atom is 0.243 e. The van der Waals surface area contributed by atoms with Gasteiger partial charge >= 0.3 is 0 Å². The van der Waals surface area contributed by atoms with Crippen LogP contribution >= 0.6 is 11.8 Å². The number of carbonyl (C=O) groups excluding carboxylic acids is 8. The second-order valence-electron chi connectivity index (χ2n) is 11.2. The lowest BCUT2D eigenvalue weighted by molar-refractivity contribution is -0.144. The fraction of sp³-hybridized carbons (Fsp3) is 0.562. The molecule has 0 aliphatic carbocycles. The van der Waals surface area contributed by atoms with E-state index in [-0.39, 0.29) is 82.4 Å². The maximum absolute atomic E-state index is 13.0. The molecule has 0 radical (unpaired) electrons. The molecule has 0 bridgehead atoms. The summed E-state index contributed by atoms with van der Waals surface area (Å²) in [5, 5.41) is 2.51. The molecule has 17 heteroatoms. The summed E-state index contributed by atoms with van der Waals surface area (Å²) in [7, 11) is 1.53. The average Bonchev–Trinajstić information content (AvgIpc) is 3.07. The van der Waals surface area contributed by atoms with Crippen molar-refractivity contribution in [1.29, 1.82) is 0 Å². The van der Waals surface area contributed by atoms with E-state index in [1.165, 1.54) is 30.7 Å². The van der Waals surface area contributed by atoms with Gasteiger partial charge in [-0.1, -0.05) is 12.1 Å². The summed E-state index contributed by atoms with van der Waals surface area (Å²) in [6.07, 6.45) is 1.40. The SMILES string of the molecule is COc1ccc(CN(CC(=O)N(CN)CC(=O)N(CN)CC(=O)CCC(=O)CCC(=O)CCC(=O)NC(CCSC)C(N)=O)C(C)=O)cc1. The van der Waals surface area contributed by atoms with Gasteiger partial charge in [0.1, 0.15) is 36.4 Å². The Morgan fingerprint density at radius 2 is 1.24 bits per heavy atom. The Morgan fingerprint density at radius 3 is 1.71 bits per heavy atom. The molecule has 0 aromatic heterocycles. The number of amides is 5. The number of rotatable bonds is 25. The Bertz CT molecular complexity index is 1310. The number of methoxy groups -OCH3 is 1. The van der Waals surface area contributed by atoms with Gasteiger partial charge in [0, 0.05) is 52.0 Å². The number of nitrogens with zero attached hydrogens (tertiary/aromatic N) is 3. The number of thioether (sulfide) groups is 1. The molecular weight excluding hydrogens is 658 g/mol. The number of hydrogen-bond donors (Lipinski definition) is 4. The molecule has 1 atom stereocenters. The van der Waals surface area contributed by atoms with Gasteiger partial charge in [-0.05, 0) is 36.1 Å². The molecule has 7 N–H and O–H groups in total. The van der Waals surface area contributed by atoms with Crippen molar-refractivity contribution in [2.24, 2.45) is 17.2 Å². The van der Waals surface area contributed by atoms with E-state index in [4.69, 9.17) is 21.9 Å². The summed E-state index contributed by atoms with van der Waals surface area (Å²) >= 11 is 1.50. The number of primary amides is 1. The molecule has 5 amide bonds. The number of ether oxygens (including phenoxy) is 1. The van der Waals surface area contributed by atoms with E-state index < -0.39 is 48.5 Å². The molecule has 0 aliphatic heterocycles. The molecule has 0 fully saturated rings. The van der Waals surface area contributed by atoms with Crippen LogP contribution in [0.2, 0.25) is 0 Å². The fourth-order valence-electron chi connectivity index (χ4n) is 4.41. The molecule has 0 spiro atoms. The van der Waals surface area contributed by atoms with Crippen LogP contribution < -0.4 is 27.3 Å². The number of carbonyl (C=O) groups is 8. The van der Waals surface area contributed by atoms with Crippen molar-refractivity contribution in [1.82, 2.24) is 20.0 Å². The van der Waals surface area contributed by atoms with Crippen LogP contribution in [0.5, 0.6) is 5.75 Å². The minimum atomic E-state index is -0.818. The van der Waals surface area contributed by atoms with Crippen LogP contribution in [-0.4, -0.2) is 120 Å². The zero-order valence-electron chi connectivity index (χ0n) is 28.4. The second-order valence-corrected chi connectivity index (χ2v) is 12.2. The predicted octanol–water partition coefficient (Wildman–Crippen LogP) is -0.696. The molecular formula is C32H49N7O9S. The van der Waals surface area contributed by atoms with Crippen LogP contribution in [-0.2, 0) is 44.9 Å². The lowest BCUT2D eigenvalue weighted by Gasteiger charge is -2.28. The smallest absolute Gasteiger partial charge is 0.243 e. The number of nitrogens with one attached hydrogen (secondary N) is 1. The van der Waals surface area contributed by atoms with Gasteiger partial charge in [0.15, 0.2) is 5.78 Å².